The number of hydrogen-bond donors (Lipinski definition) is 0. The third-order valence-corrected chi connectivity index (χ3v) is 2.95. The summed E-state index contributed by atoms with van der Waals surface area (Å²) in [6.45, 7) is 11.1. The van der Waals surface area contributed by atoms with Crippen molar-refractivity contribution in [1.29, 1.82) is 0 Å². The molecule has 0 unspecified atom stereocenters. The molecule has 0 atom stereocenters. The Bertz CT molecular complexity index is 364. The number of benzene rings is 1. The van der Waals surface area contributed by atoms with Gasteiger partial charge < -0.3 is 0 Å². The van der Waals surface area contributed by atoms with Crippen LogP contribution in [0.25, 0.3) is 0 Å². The van der Waals surface area contributed by atoms with Gasteiger partial charge in [-0.2, -0.15) is 0 Å². The van der Waals surface area contributed by atoms with Crippen LogP contribution in [-0.2, 0) is 11.8 Å². The zero-order valence-corrected chi connectivity index (χ0v) is 11.3. The van der Waals surface area contributed by atoms with E-state index in [0.717, 1.165) is 12.8 Å². The number of hydrogen-bond acceptors (Lipinski definition) is 0. The Morgan fingerprint density at radius 2 is 1.88 bits per heavy atom. The fourth-order valence-electron chi connectivity index (χ4n) is 2.05. The molecule has 1 rings (SSSR count). The second-order valence-electron chi connectivity index (χ2n) is 5.51. The van der Waals surface area contributed by atoms with Crippen LogP contribution in [0, 0.1) is 6.92 Å². The van der Waals surface area contributed by atoms with E-state index in [0.29, 0.717) is 0 Å². The van der Waals surface area contributed by atoms with Gasteiger partial charge in [-0.15, -0.1) is 0 Å². The predicted octanol–water partition coefficient (Wildman–Crippen LogP) is 4.80. The van der Waals surface area contributed by atoms with Gasteiger partial charge in [0.2, 0.25) is 0 Å². The lowest BCUT2D eigenvalue weighted by Gasteiger charge is -2.22. The third kappa shape index (κ3) is 3.52. The zero-order chi connectivity index (χ0) is 12.2. The quantitative estimate of drug-likeness (QED) is 0.637. The van der Waals surface area contributed by atoms with Crippen LogP contribution in [0.4, 0.5) is 0 Å². The Labute approximate surface area is 100 Å². The molecule has 0 saturated carbocycles. The summed E-state index contributed by atoms with van der Waals surface area (Å²) in [5.74, 6) is 0. The van der Waals surface area contributed by atoms with E-state index in [1.807, 2.05) is 0 Å². The molecule has 0 aliphatic carbocycles. The highest BCUT2D eigenvalue weighted by molar-refractivity contribution is 5.36. The van der Waals surface area contributed by atoms with Gasteiger partial charge in [0.25, 0.3) is 0 Å². The molecule has 88 valence electrons. The highest BCUT2D eigenvalue weighted by Gasteiger charge is 2.16. The molecule has 0 aliphatic rings. The van der Waals surface area contributed by atoms with Gasteiger partial charge in [0.05, 0.1) is 0 Å². The maximum absolute atomic E-state index is 2.37. The number of allylic oxidation sites excluding steroid dienone is 2. The van der Waals surface area contributed by atoms with Crippen molar-refractivity contribution in [2.24, 2.45) is 0 Å². The van der Waals surface area contributed by atoms with Crippen molar-refractivity contribution in [2.75, 3.05) is 0 Å². The molecule has 0 aliphatic heterocycles. The maximum Gasteiger partial charge on any atom is -0.0129 e. The van der Waals surface area contributed by atoms with E-state index in [-0.39, 0.29) is 5.41 Å². The standard InChI is InChI=1S/C16H24/c1-6-7-8-9-14-11-10-13(2)15(12-14)16(3,4)5/h6-7,10-12H,8-9H2,1-5H3/b7-6-. The van der Waals surface area contributed by atoms with Gasteiger partial charge in [-0.1, -0.05) is 51.1 Å². The largest absolute Gasteiger partial charge is 0.0917 e. The average Bonchev–Trinajstić information content (AvgIpc) is 2.19. The molecule has 16 heavy (non-hydrogen) atoms. The Morgan fingerprint density at radius 1 is 1.19 bits per heavy atom. The van der Waals surface area contributed by atoms with Crippen LogP contribution >= 0.6 is 0 Å². The molecule has 0 N–H and O–H groups in total. The Morgan fingerprint density at radius 3 is 2.44 bits per heavy atom. The average molecular weight is 216 g/mol. The first-order valence-corrected chi connectivity index (χ1v) is 6.16. The first-order valence-electron chi connectivity index (χ1n) is 6.16. The lowest BCUT2D eigenvalue weighted by atomic mass is 9.83. The fraction of sp³-hybridized carbons (Fsp3) is 0.500. The summed E-state index contributed by atoms with van der Waals surface area (Å²) in [6.07, 6.45) is 6.65. The van der Waals surface area contributed by atoms with Gasteiger partial charge in [-0.05, 0) is 48.8 Å². The lowest BCUT2D eigenvalue weighted by Crippen LogP contribution is -2.13. The fourth-order valence-corrected chi connectivity index (χ4v) is 2.05. The van der Waals surface area contributed by atoms with E-state index in [9.17, 15) is 0 Å². The smallest absolute Gasteiger partial charge is 0.0129 e. The van der Waals surface area contributed by atoms with Gasteiger partial charge in [-0.25, -0.2) is 0 Å². The molecule has 0 nitrogen and oxygen atoms in total. The molecular formula is C16H24. The van der Waals surface area contributed by atoms with E-state index >= 15 is 0 Å². The van der Waals surface area contributed by atoms with Gasteiger partial charge >= 0.3 is 0 Å². The second kappa shape index (κ2) is 5.34. The second-order valence-corrected chi connectivity index (χ2v) is 5.51. The molecule has 0 radical (unpaired) electrons. The Hall–Kier alpha value is -1.04. The van der Waals surface area contributed by atoms with Crippen molar-refractivity contribution in [1.82, 2.24) is 0 Å². The highest BCUT2D eigenvalue weighted by Crippen LogP contribution is 2.26. The van der Waals surface area contributed by atoms with Crippen molar-refractivity contribution >= 4 is 0 Å². The van der Waals surface area contributed by atoms with Crippen LogP contribution in [0.5, 0.6) is 0 Å². The zero-order valence-electron chi connectivity index (χ0n) is 11.3. The SMILES string of the molecule is C/C=C\CCc1ccc(C)c(C(C)(C)C)c1. The number of rotatable bonds is 3. The summed E-state index contributed by atoms with van der Waals surface area (Å²) in [4.78, 5) is 0. The molecule has 0 fully saturated rings. The summed E-state index contributed by atoms with van der Waals surface area (Å²) < 4.78 is 0. The molecule has 0 aromatic heterocycles. The summed E-state index contributed by atoms with van der Waals surface area (Å²) in [6, 6.07) is 6.89. The van der Waals surface area contributed by atoms with Crippen LogP contribution in [0.2, 0.25) is 0 Å². The molecule has 0 heteroatoms. The molecule has 0 heterocycles. The summed E-state index contributed by atoms with van der Waals surface area (Å²) in [5, 5.41) is 0. The molecule has 1 aromatic carbocycles. The van der Waals surface area contributed by atoms with Gasteiger partial charge in [0.1, 0.15) is 0 Å². The summed E-state index contributed by atoms with van der Waals surface area (Å²) in [7, 11) is 0. The molecular weight excluding hydrogens is 192 g/mol. The minimum absolute atomic E-state index is 0.251. The molecule has 1 aromatic rings. The van der Waals surface area contributed by atoms with E-state index < -0.39 is 0 Å². The van der Waals surface area contributed by atoms with Crippen LogP contribution < -0.4 is 0 Å². The van der Waals surface area contributed by atoms with Crippen LogP contribution in [0.1, 0.15) is 50.8 Å². The number of aryl methyl sites for hydroxylation is 2. The molecule has 0 amide bonds. The van der Waals surface area contributed by atoms with Gasteiger partial charge in [-0.3, -0.25) is 0 Å². The normalized spacial score (nSPS) is 12.3. The van der Waals surface area contributed by atoms with Crippen LogP contribution in [-0.4, -0.2) is 0 Å². The third-order valence-electron chi connectivity index (χ3n) is 2.95. The van der Waals surface area contributed by atoms with Crippen LogP contribution in [0.3, 0.4) is 0 Å². The van der Waals surface area contributed by atoms with Crippen LogP contribution in [0.15, 0.2) is 30.4 Å². The Kier molecular flexibility index (Phi) is 4.35. The lowest BCUT2D eigenvalue weighted by molar-refractivity contribution is 0.585. The monoisotopic (exact) mass is 216 g/mol. The topological polar surface area (TPSA) is 0 Å². The van der Waals surface area contributed by atoms with Crippen molar-refractivity contribution < 1.29 is 0 Å². The first kappa shape index (κ1) is 13.0. The van der Waals surface area contributed by atoms with Crippen molar-refractivity contribution in [3.05, 3.63) is 47.0 Å². The van der Waals surface area contributed by atoms with Crippen molar-refractivity contribution in [3.8, 4) is 0 Å². The van der Waals surface area contributed by atoms with Gasteiger partial charge in [0.15, 0.2) is 0 Å². The van der Waals surface area contributed by atoms with Gasteiger partial charge in [0, 0.05) is 0 Å². The Balaban J connectivity index is 2.90. The van der Waals surface area contributed by atoms with Crippen molar-refractivity contribution in [2.45, 2.75) is 52.9 Å². The summed E-state index contributed by atoms with van der Waals surface area (Å²) in [5.41, 5.74) is 4.59. The maximum atomic E-state index is 2.37. The van der Waals surface area contributed by atoms with E-state index in [1.165, 1.54) is 16.7 Å². The minimum Gasteiger partial charge on any atom is -0.0917 e. The molecule has 0 saturated heterocycles. The predicted molar refractivity (Wildman–Crippen MR) is 73.0 cm³/mol. The minimum atomic E-state index is 0.251. The van der Waals surface area contributed by atoms with E-state index in [4.69, 9.17) is 0 Å². The molecule has 0 spiro atoms. The van der Waals surface area contributed by atoms with Crippen molar-refractivity contribution in [3.63, 3.8) is 0 Å². The first-order chi connectivity index (χ1) is 7.45. The molecule has 0 bridgehead atoms. The highest BCUT2D eigenvalue weighted by atomic mass is 14.2. The van der Waals surface area contributed by atoms with E-state index in [1.54, 1.807) is 0 Å². The summed E-state index contributed by atoms with van der Waals surface area (Å²) >= 11 is 0. The van der Waals surface area contributed by atoms with E-state index in [2.05, 4.69) is 65.0 Å².